The minimum absolute atomic E-state index is 0.00287. The van der Waals surface area contributed by atoms with Crippen LogP contribution in [0.1, 0.15) is 36.9 Å². The molecule has 0 bridgehead atoms. The zero-order valence-electron chi connectivity index (χ0n) is 12.0. The summed E-state index contributed by atoms with van der Waals surface area (Å²) >= 11 is 5.91. The van der Waals surface area contributed by atoms with E-state index >= 15 is 0 Å². The molecule has 6 heteroatoms. The lowest BCUT2D eigenvalue weighted by atomic mass is 9.97. The Morgan fingerprint density at radius 2 is 1.90 bits per heavy atom. The molecule has 118 valence electrons. The maximum absolute atomic E-state index is 13.0. The topological polar surface area (TPSA) is 15.3 Å². The van der Waals surface area contributed by atoms with Gasteiger partial charge in [0.05, 0.1) is 5.56 Å². The first-order chi connectivity index (χ1) is 9.91. The van der Waals surface area contributed by atoms with Crippen LogP contribution in [-0.4, -0.2) is 31.1 Å². The second kappa shape index (κ2) is 6.99. The maximum Gasteiger partial charge on any atom is 0.416 e. The second-order valence-electron chi connectivity index (χ2n) is 5.36. The third-order valence-corrected chi connectivity index (χ3v) is 4.00. The molecular weight excluding hydrogens is 301 g/mol. The predicted molar refractivity (Wildman–Crippen MR) is 78.5 cm³/mol. The van der Waals surface area contributed by atoms with Crippen molar-refractivity contribution in [2.75, 3.05) is 26.2 Å². The van der Waals surface area contributed by atoms with Crippen LogP contribution in [0.4, 0.5) is 13.2 Å². The van der Waals surface area contributed by atoms with Crippen LogP contribution in [0.3, 0.4) is 0 Å². The molecule has 1 aromatic carbocycles. The Morgan fingerprint density at radius 3 is 2.48 bits per heavy atom. The van der Waals surface area contributed by atoms with Gasteiger partial charge in [0.2, 0.25) is 0 Å². The lowest BCUT2D eigenvalue weighted by Crippen LogP contribution is -2.45. The highest BCUT2D eigenvalue weighted by molar-refractivity contribution is 6.30. The SMILES string of the molecule is CCC[C@@H](c1cc(Cl)cc(C(F)(F)F)c1)N1CCNCC1. The standard InChI is InChI=1S/C15H20ClF3N2/c1-2-3-14(21-6-4-20-5-7-21)11-8-12(15(17,18)19)10-13(16)9-11/h8-10,14,20H,2-7H2,1H3/t14-/m0/s1. The van der Waals surface area contributed by atoms with Crippen molar-refractivity contribution in [3.05, 3.63) is 34.3 Å². The molecule has 1 saturated heterocycles. The molecule has 2 rings (SSSR count). The summed E-state index contributed by atoms with van der Waals surface area (Å²) < 4.78 is 38.9. The molecule has 0 radical (unpaired) electrons. The first-order valence-electron chi connectivity index (χ1n) is 7.24. The lowest BCUT2D eigenvalue weighted by Gasteiger charge is -2.35. The van der Waals surface area contributed by atoms with Crippen molar-refractivity contribution < 1.29 is 13.2 Å². The molecule has 1 fully saturated rings. The minimum atomic E-state index is -4.36. The average Bonchev–Trinajstić information content (AvgIpc) is 2.44. The van der Waals surface area contributed by atoms with Crippen LogP contribution < -0.4 is 5.32 Å². The summed E-state index contributed by atoms with van der Waals surface area (Å²) in [5.74, 6) is 0. The van der Waals surface area contributed by atoms with Gasteiger partial charge in [-0.1, -0.05) is 24.9 Å². The number of piperazine rings is 1. The summed E-state index contributed by atoms with van der Waals surface area (Å²) in [6.07, 6.45) is -2.61. The van der Waals surface area contributed by atoms with Gasteiger partial charge in [0.25, 0.3) is 0 Å². The van der Waals surface area contributed by atoms with Crippen molar-refractivity contribution in [1.29, 1.82) is 0 Å². The molecule has 0 spiro atoms. The lowest BCUT2D eigenvalue weighted by molar-refractivity contribution is -0.137. The Balaban J connectivity index is 2.32. The number of alkyl halides is 3. The van der Waals surface area contributed by atoms with E-state index in [1.54, 1.807) is 6.07 Å². The highest BCUT2D eigenvalue weighted by Gasteiger charge is 2.32. The molecule has 1 aromatic rings. The fraction of sp³-hybridized carbons (Fsp3) is 0.600. The fourth-order valence-corrected chi connectivity index (χ4v) is 3.04. The third kappa shape index (κ3) is 4.34. The van der Waals surface area contributed by atoms with Crippen LogP contribution in [0.5, 0.6) is 0 Å². The molecule has 0 aromatic heterocycles. The molecule has 1 heterocycles. The van der Waals surface area contributed by atoms with E-state index in [4.69, 9.17) is 11.6 Å². The number of rotatable bonds is 4. The van der Waals surface area contributed by atoms with Crippen molar-refractivity contribution in [3.8, 4) is 0 Å². The summed E-state index contributed by atoms with van der Waals surface area (Å²) in [7, 11) is 0. The van der Waals surface area contributed by atoms with Crippen LogP contribution in [0.15, 0.2) is 18.2 Å². The van der Waals surface area contributed by atoms with Crippen LogP contribution in [0, 0.1) is 0 Å². The second-order valence-corrected chi connectivity index (χ2v) is 5.80. The predicted octanol–water partition coefficient (Wildman–Crippen LogP) is 4.11. The van der Waals surface area contributed by atoms with E-state index in [0.29, 0.717) is 5.56 Å². The number of benzene rings is 1. The quantitative estimate of drug-likeness (QED) is 0.898. The van der Waals surface area contributed by atoms with Gasteiger partial charge in [-0.25, -0.2) is 0 Å². The van der Waals surface area contributed by atoms with Crippen LogP contribution >= 0.6 is 11.6 Å². The van der Waals surface area contributed by atoms with Gasteiger partial charge in [-0.3, -0.25) is 4.90 Å². The highest BCUT2D eigenvalue weighted by atomic mass is 35.5. The van der Waals surface area contributed by atoms with E-state index in [1.807, 2.05) is 6.92 Å². The summed E-state index contributed by atoms with van der Waals surface area (Å²) in [6, 6.07) is 3.90. The zero-order chi connectivity index (χ0) is 15.5. The molecule has 0 amide bonds. The van der Waals surface area contributed by atoms with E-state index in [0.717, 1.165) is 45.1 Å². The molecule has 0 saturated carbocycles. The largest absolute Gasteiger partial charge is 0.416 e. The van der Waals surface area contributed by atoms with Crippen molar-refractivity contribution in [2.24, 2.45) is 0 Å². The summed E-state index contributed by atoms with van der Waals surface area (Å²) in [6.45, 7) is 5.47. The first-order valence-corrected chi connectivity index (χ1v) is 7.62. The smallest absolute Gasteiger partial charge is 0.314 e. The van der Waals surface area contributed by atoms with Gasteiger partial charge in [-0.05, 0) is 30.2 Å². The molecular formula is C15H20ClF3N2. The Morgan fingerprint density at radius 1 is 1.24 bits per heavy atom. The molecule has 21 heavy (non-hydrogen) atoms. The van der Waals surface area contributed by atoms with Crippen LogP contribution in [0.25, 0.3) is 0 Å². The molecule has 0 unspecified atom stereocenters. The van der Waals surface area contributed by atoms with Crippen molar-refractivity contribution in [2.45, 2.75) is 32.0 Å². The van der Waals surface area contributed by atoms with Gasteiger partial charge in [0.15, 0.2) is 0 Å². The van der Waals surface area contributed by atoms with E-state index in [-0.39, 0.29) is 11.1 Å². The zero-order valence-corrected chi connectivity index (χ0v) is 12.8. The molecule has 1 N–H and O–H groups in total. The average molecular weight is 321 g/mol. The van der Waals surface area contributed by atoms with Gasteiger partial charge in [-0.15, -0.1) is 0 Å². The fourth-order valence-electron chi connectivity index (χ4n) is 2.80. The van der Waals surface area contributed by atoms with Gasteiger partial charge in [-0.2, -0.15) is 13.2 Å². The Labute approximate surface area is 128 Å². The number of hydrogen-bond acceptors (Lipinski definition) is 2. The van der Waals surface area contributed by atoms with Crippen LogP contribution in [0.2, 0.25) is 5.02 Å². The summed E-state index contributed by atoms with van der Waals surface area (Å²) in [5.41, 5.74) is -0.000174. The van der Waals surface area contributed by atoms with Gasteiger partial charge >= 0.3 is 6.18 Å². The Hall–Kier alpha value is -0.780. The normalized spacial score (nSPS) is 18.7. The Bertz CT molecular complexity index is 470. The summed E-state index contributed by atoms with van der Waals surface area (Å²) in [4.78, 5) is 2.24. The number of nitrogens with zero attached hydrogens (tertiary/aromatic N) is 1. The highest BCUT2D eigenvalue weighted by Crippen LogP contribution is 2.35. The first kappa shape index (κ1) is 16.6. The molecule has 2 nitrogen and oxygen atoms in total. The molecule has 1 atom stereocenters. The van der Waals surface area contributed by atoms with E-state index in [2.05, 4.69) is 10.2 Å². The van der Waals surface area contributed by atoms with Gasteiger partial charge in [0, 0.05) is 37.2 Å². The van der Waals surface area contributed by atoms with E-state index < -0.39 is 11.7 Å². The monoisotopic (exact) mass is 320 g/mol. The van der Waals surface area contributed by atoms with Crippen molar-refractivity contribution >= 4 is 11.6 Å². The van der Waals surface area contributed by atoms with Crippen LogP contribution in [-0.2, 0) is 6.18 Å². The summed E-state index contributed by atoms with van der Waals surface area (Å²) in [5, 5.41) is 3.41. The Kier molecular flexibility index (Phi) is 5.52. The minimum Gasteiger partial charge on any atom is -0.314 e. The number of nitrogens with one attached hydrogen (secondary N) is 1. The van der Waals surface area contributed by atoms with Gasteiger partial charge < -0.3 is 5.32 Å². The van der Waals surface area contributed by atoms with E-state index in [9.17, 15) is 13.2 Å². The van der Waals surface area contributed by atoms with E-state index in [1.165, 1.54) is 6.07 Å². The van der Waals surface area contributed by atoms with Gasteiger partial charge in [0.1, 0.15) is 0 Å². The number of hydrogen-bond donors (Lipinski definition) is 1. The maximum atomic E-state index is 13.0. The molecule has 0 aliphatic carbocycles. The van der Waals surface area contributed by atoms with Crippen molar-refractivity contribution in [3.63, 3.8) is 0 Å². The molecule has 1 aliphatic heterocycles. The number of halogens is 4. The molecule has 1 aliphatic rings. The third-order valence-electron chi connectivity index (χ3n) is 3.79. The van der Waals surface area contributed by atoms with Crippen molar-refractivity contribution in [1.82, 2.24) is 10.2 Å².